The number of aryl methyl sites for hydroxylation is 1. The van der Waals surface area contributed by atoms with E-state index >= 15 is 0 Å². The van der Waals surface area contributed by atoms with E-state index in [4.69, 9.17) is 11.6 Å². The average molecular weight is 262 g/mol. The molecule has 5 heteroatoms. The molecule has 0 aliphatic rings. The highest BCUT2D eigenvalue weighted by Crippen LogP contribution is 2.12. The Balaban J connectivity index is 2.79. The molecule has 0 saturated carbocycles. The third-order valence-corrected chi connectivity index (χ3v) is 4.68. The second-order valence-corrected chi connectivity index (χ2v) is 6.26. The SMILES string of the molecule is Cc1ccccc1CN(C)S(=O)(=O)CCCl. The number of sulfonamides is 1. The lowest BCUT2D eigenvalue weighted by atomic mass is 10.1. The minimum absolute atomic E-state index is 0.0169. The van der Waals surface area contributed by atoms with Gasteiger partial charge in [-0.1, -0.05) is 24.3 Å². The van der Waals surface area contributed by atoms with Gasteiger partial charge in [0.15, 0.2) is 0 Å². The highest BCUT2D eigenvalue weighted by Gasteiger charge is 2.17. The van der Waals surface area contributed by atoms with Crippen LogP contribution < -0.4 is 0 Å². The molecule has 0 aliphatic heterocycles. The fourth-order valence-electron chi connectivity index (χ4n) is 1.38. The Kier molecular flexibility index (Phi) is 4.77. The molecule has 0 unspecified atom stereocenters. The molecule has 0 N–H and O–H groups in total. The molecule has 1 aromatic carbocycles. The zero-order valence-electron chi connectivity index (χ0n) is 9.48. The summed E-state index contributed by atoms with van der Waals surface area (Å²) in [5.74, 6) is 0.109. The second-order valence-electron chi connectivity index (χ2n) is 3.69. The van der Waals surface area contributed by atoms with Gasteiger partial charge in [-0.25, -0.2) is 12.7 Å². The van der Waals surface area contributed by atoms with Crippen molar-refractivity contribution >= 4 is 21.6 Å². The number of hydrogen-bond acceptors (Lipinski definition) is 2. The maximum Gasteiger partial charge on any atom is 0.215 e. The van der Waals surface area contributed by atoms with Crippen LogP contribution in [0.15, 0.2) is 24.3 Å². The molecule has 0 radical (unpaired) electrons. The van der Waals surface area contributed by atoms with Crippen molar-refractivity contribution < 1.29 is 8.42 Å². The van der Waals surface area contributed by atoms with Gasteiger partial charge in [0.05, 0.1) is 5.75 Å². The van der Waals surface area contributed by atoms with Crippen LogP contribution in [0.4, 0.5) is 0 Å². The Morgan fingerprint density at radius 3 is 2.50 bits per heavy atom. The van der Waals surface area contributed by atoms with Crippen LogP contribution in [0, 0.1) is 6.92 Å². The monoisotopic (exact) mass is 261 g/mol. The standard InChI is InChI=1S/C11H16ClNO2S/c1-10-5-3-4-6-11(10)9-13(2)16(14,15)8-7-12/h3-6H,7-9H2,1-2H3. The average Bonchev–Trinajstić information content (AvgIpc) is 2.21. The van der Waals surface area contributed by atoms with Crippen molar-refractivity contribution in [3.05, 3.63) is 35.4 Å². The van der Waals surface area contributed by atoms with E-state index < -0.39 is 10.0 Å². The van der Waals surface area contributed by atoms with Crippen molar-refractivity contribution in [2.75, 3.05) is 18.7 Å². The molecular formula is C11H16ClNO2S. The summed E-state index contributed by atoms with van der Waals surface area (Å²) in [6.07, 6.45) is 0. The van der Waals surface area contributed by atoms with Gasteiger partial charge in [-0.3, -0.25) is 0 Å². The van der Waals surface area contributed by atoms with Crippen molar-refractivity contribution in [3.63, 3.8) is 0 Å². The summed E-state index contributed by atoms with van der Waals surface area (Å²) >= 11 is 5.46. The second kappa shape index (κ2) is 5.66. The molecule has 0 heterocycles. The maximum absolute atomic E-state index is 11.7. The predicted octanol–water partition coefficient (Wildman–Crippen LogP) is 2.00. The van der Waals surface area contributed by atoms with Crippen LogP contribution in [0.5, 0.6) is 0 Å². The zero-order valence-corrected chi connectivity index (χ0v) is 11.1. The van der Waals surface area contributed by atoms with E-state index in [1.54, 1.807) is 7.05 Å². The van der Waals surface area contributed by atoms with E-state index in [0.717, 1.165) is 11.1 Å². The molecule has 0 saturated heterocycles. The molecule has 3 nitrogen and oxygen atoms in total. The van der Waals surface area contributed by atoms with Gasteiger partial charge in [0.1, 0.15) is 0 Å². The molecule has 0 amide bonds. The van der Waals surface area contributed by atoms with Crippen LogP contribution >= 0.6 is 11.6 Å². The number of nitrogens with zero attached hydrogens (tertiary/aromatic N) is 1. The van der Waals surface area contributed by atoms with Crippen molar-refractivity contribution in [2.45, 2.75) is 13.5 Å². The van der Waals surface area contributed by atoms with Gasteiger partial charge in [-0.2, -0.15) is 0 Å². The summed E-state index contributed by atoms with van der Waals surface area (Å²) in [4.78, 5) is 0. The first-order valence-electron chi connectivity index (χ1n) is 5.02. The topological polar surface area (TPSA) is 37.4 Å². The lowest BCUT2D eigenvalue weighted by Crippen LogP contribution is -2.29. The lowest BCUT2D eigenvalue weighted by molar-refractivity contribution is 0.467. The molecule has 90 valence electrons. The van der Waals surface area contributed by atoms with Crippen molar-refractivity contribution in [1.29, 1.82) is 0 Å². The summed E-state index contributed by atoms with van der Waals surface area (Å²) in [5.41, 5.74) is 2.11. The van der Waals surface area contributed by atoms with E-state index in [2.05, 4.69) is 0 Å². The van der Waals surface area contributed by atoms with E-state index in [9.17, 15) is 8.42 Å². The van der Waals surface area contributed by atoms with E-state index in [0.29, 0.717) is 6.54 Å². The van der Waals surface area contributed by atoms with Crippen LogP contribution in [-0.2, 0) is 16.6 Å². The maximum atomic E-state index is 11.7. The largest absolute Gasteiger partial charge is 0.215 e. The van der Waals surface area contributed by atoms with Gasteiger partial charge in [0.25, 0.3) is 0 Å². The van der Waals surface area contributed by atoms with Gasteiger partial charge in [0.2, 0.25) is 10.0 Å². The quantitative estimate of drug-likeness (QED) is 0.761. The normalized spacial score (nSPS) is 12.0. The fraction of sp³-hybridized carbons (Fsp3) is 0.455. The molecule has 0 spiro atoms. The van der Waals surface area contributed by atoms with E-state index in [-0.39, 0.29) is 11.6 Å². The Hall–Kier alpha value is -0.580. The molecule has 0 atom stereocenters. The summed E-state index contributed by atoms with van der Waals surface area (Å²) in [5, 5.41) is 0. The third kappa shape index (κ3) is 3.47. The first-order valence-corrected chi connectivity index (χ1v) is 7.16. The minimum Gasteiger partial charge on any atom is -0.212 e. The van der Waals surface area contributed by atoms with E-state index in [1.807, 2.05) is 31.2 Å². The first kappa shape index (κ1) is 13.5. The molecule has 0 bridgehead atoms. The van der Waals surface area contributed by atoms with Crippen LogP contribution in [0.1, 0.15) is 11.1 Å². The highest BCUT2D eigenvalue weighted by molar-refractivity contribution is 7.89. The summed E-state index contributed by atoms with van der Waals surface area (Å²) in [6, 6.07) is 7.75. The van der Waals surface area contributed by atoms with E-state index in [1.165, 1.54) is 4.31 Å². The molecule has 0 aliphatic carbocycles. The Morgan fingerprint density at radius 1 is 1.31 bits per heavy atom. The highest BCUT2D eigenvalue weighted by atomic mass is 35.5. The van der Waals surface area contributed by atoms with Crippen molar-refractivity contribution in [3.8, 4) is 0 Å². The van der Waals surface area contributed by atoms with Crippen LogP contribution in [0.2, 0.25) is 0 Å². The van der Waals surface area contributed by atoms with Crippen LogP contribution in [0.25, 0.3) is 0 Å². The Morgan fingerprint density at radius 2 is 1.94 bits per heavy atom. The summed E-state index contributed by atoms with van der Waals surface area (Å²) in [6.45, 7) is 2.36. The van der Waals surface area contributed by atoms with Crippen LogP contribution in [0.3, 0.4) is 0 Å². The van der Waals surface area contributed by atoms with Crippen LogP contribution in [-0.4, -0.2) is 31.4 Å². The first-order chi connectivity index (χ1) is 7.47. The van der Waals surface area contributed by atoms with Gasteiger partial charge in [-0.15, -0.1) is 11.6 Å². The molecule has 16 heavy (non-hydrogen) atoms. The lowest BCUT2D eigenvalue weighted by Gasteiger charge is -2.17. The number of rotatable bonds is 5. The zero-order chi connectivity index (χ0) is 12.2. The van der Waals surface area contributed by atoms with Gasteiger partial charge in [0, 0.05) is 19.5 Å². The Bertz CT molecular complexity index is 445. The predicted molar refractivity (Wildman–Crippen MR) is 67.2 cm³/mol. The number of hydrogen-bond donors (Lipinski definition) is 0. The van der Waals surface area contributed by atoms with Gasteiger partial charge in [-0.05, 0) is 18.1 Å². The number of alkyl halides is 1. The number of benzene rings is 1. The minimum atomic E-state index is -3.22. The summed E-state index contributed by atoms with van der Waals surface area (Å²) in [7, 11) is -1.65. The molecule has 1 rings (SSSR count). The Labute approximate surface area is 102 Å². The fourth-order valence-corrected chi connectivity index (χ4v) is 2.81. The smallest absolute Gasteiger partial charge is 0.212 e. The molecule has 0 fully saturated rings. The molecule has 1 aromatic rings. The van der Waals surface area contributed by atoms with Crippen molar-refractivity contribution in [2.24, 2.45) is 0 Å². The van der Waals surface area contributed by atoms with Gasteiger partial charge >= 0.3 is 0 Å². The number of halogens is 1. The van der Waals surface area contributed by atoms with Crippen molar-refractivity contribution in [1.82, 2.24) is 4.31 Å². The third-order valence-electron chi connectivity index (χ3n) is 2.46. The van der Waals surface area contributed by atoms with Gasteiger partial charge < -0.3 is 0 Å². The summed E-state index contributed by atoms with van der Waals surface area (Å²) < 4.78 is 24.7. The molecular weight excluding hydrogens is 246 g/mol. The molecule has 0 aromatic heterocycles.